The highest BCUT2D eigenvalue weighted by molar-refractivity contribution is 7.25. The summed E-state index contributed by atoms with van der Waals surface area (Å²) in [6.07, 6.45) is 1.96. The second-order valence-corrected chi connectivity index (χ2v) is 11.6. The maximum Gasteiger partial charge on any atom is 0.135 e. The van der Waals surface area contributed by atoms with Gasteiger partial charge < -0.3 is 4.42 Å². The van der Waals surface area contributed by atoms with E-state index in [1.54, 1.807) is 0 Å². The van der Waals surface area contributed by atoms with Crippen molar-refractivity contribution in [3.8, 4) is 22.3 Å². The Balaban J connectivity index is 1.39. The Hall–Kier alpha value is -4.92. The molecule has 0 saturated heterocycles. The fourth-order valence-corrected chi connectivity index (χ4v) is 7.64. The van der Waals surface area contributed by atoms with Crippen LogP contribution in [0.5, 0.6) is 0 Å². The molecular formula is C38H22OS. The van der Waals surface area contributed by atoms with Crippen LogP contribution in [0.4, 0.5) is 0 Å². The highest BCUT2D eigenvalue weighted by atomic mass is 32.1. The maximum atomic E-state index is 6.30. The summed E-state index contributed by atoms with van der Waals surface area (Å²) in [4.78, 5) is 0. The third kappa shape index (κ3) is 3.08. The van der Waals surface area contributed by atoms with Gasteiger partial charge in [-0.3, -0.25) is 0 Å². The van der Waals surface area contributed by atoms with E-state index in [1.165, 1.54) is 69.2 Å². The van der Waals surface area contributed by atoms with E-state index in [1.807, 2.05) is 17.6 Å². The SMILES string of the molecule is c1ccc2cc(-c3c4ccccc4c(-c4coc5cc6c(cc45)sc4ccccc46)c4ccccc34)ccc2c1. The molecule has 0 bridgehead atoms. The van der Waals surface area contributed by atoms with Crippen molar-refractivity contribution in [3.05, 3.63) is 134 Å². The van der Waals surface area contributed by atoms with Crippen LogP contribution >= 0.6 is 11.3 Å². The molecule has 7 aromatic carbocycles. The highest BCUT2D eigenvalue weighted by Gasteiger charge is 2.20. The summed E-state index contributed by atoms with van der Waals surface area (Å²) in [6.45, 7) is 0. The van der Waals surface area contributed by atoms with E-state index in [0.717, 1.165) is 16.5 Å². The maximum absolute atomic E-state index is 6.30. The fourth-order valence-electron chi connectivity index (χ4n) is 6.51. The van der Waals surface area contributed by atoms with Crippen molar-refractivity contribution in [2.24, 2.45) is 0 Å². The summed E-state index contributed by atoms with van der Waals surface area (Å²) in [6, 6.07) is 46.3. The normalized spacial score (nSPS) is 12.0. The van der Waals surface area contributed by atoms with E-state index in [2.05, 4.69) is 127 Å². The molecular weight excluding hydrogens is 504 g/mol. The van der Waals surface area contributed by atoms with Crippen LogP contribution in [0.15, 0.2) is 138 Å². The predicted octanol–water partition coefficient (Wildman–Crippen LogP) is 11.6. The van der Waals surface area contributed by atoms with Gasteiger partial charge in [0.25, 0.3) is 0 Å². The molecule has 0 aliphatic carbocycles. The molecule has 2 heterocycles. The van der Waals surface area contributed by atoms with Gasteiger partial charge >= 0.3 is 0 Å². The monoisotopic (exact) mass is 526 g/mol. The predicted molar refractivity (Wildman–Crippen MR) is 172 cm³/mol. The molecule has 0 aliphatic rings. The topological polar surface area (TPSA) is 13.1 Å². The smallest absolute Gasteiger partial charge is 0.135 e. The van der Waals surface area contributed by atoms with E-state index < -0.39 is 0 Å². The summed E-state index contributed by atoms with van der Waals surface area (Å²) in [5.41, 5.74) is 5.82. The fraction of sp³-hybridized carbons (Fsp3) is 0. The van der Waals surface area contributed by atoms with E-state index >= 15 is 0 Å². The molecule has 0 radical (unpaired) electrons. The Morgan fingerprint density at radius 1 is 0.425 bits per heavy atom. The first kappa shape index (κ1) is 22.0. The number of benzene rings is 7. The largest absolute Gasteiger partial charge is 0.464 e. The Bertz CT molecular complexity index is 2380. The average Bonchev–Trinajstić information content (AvgIpc) is 3.59. The van der Waals surface area contributed by atoms with Crippen LogP contribution in [-0.4, -0.2) is 0 Å². The van der Waals surface area contributed by atoms with Crippen LogP contribution in [-0.2, 0) is 0 Å². The molecule has 2 aromatic heterocycles. The molecule has 0 saturated carbocycles. The molecule has 0 spiro atoms. The lowest BCUT2D eigenvalue weighted by atomic mass is 9.85. The quantitative estimate of drug-likeness (QED) is 0.204. The van der Waals surface area contributed by atoms with Crippen LogP contribution in [0, 0.1) is 0 Å². The summed E-state index contributed by atoms with van der Waals surface area (Å²) in [5.74, 6) is 0. The van der Waals surface area contributed by atoms with Crippen LogP contribution in [0.25, 0.3) is 85.7 Å². The van der Waals surface area contributed by atoms with Gasteiger partial charge in [-0.2, -0.15) is 0 Å². The Morgan fingerprint density at radius 3 is 1.80 bits per heavy atom. The van der Waals surface area contributed by atoms with Gasteiger partial charge in [0.15, 0.2) is 0 Å². The third-order valence-electron chi connectivity index (χ3n) is 8.31. The van der Waals surface area contributed by atoms with Gasteiger partial charge in [-0.05, 0) is 67.7 Å². The van der Waals surface area contributed by atoms with Crippen molar-refractivity contribution in [1.82, 2.24) is 0 Å². The second-order valence-electron chi connectivity index (χ2n) is 10.5. The van der Waals surface area contributed by atoms with Crippen LogP contribution in [0.2, 0.25) is 0 Å². The van der Waals surface area contributed by atoms with E-state index in [4.69, 9.17) is 4.42 Å². The number of rotatable bonds is 2. The van der Waals surface area contributed by atoms with Crippen molar-refractivity contribution >= 4 is 74.8 Å². The van der Waals surface area contributed by atoms with E-state index in [9.17, 15) is 0 Å². The van der Waals surface area contributed by atoms with Gasteiger partial charge in [0.05, 0.1) is 6.26 Å². The van der Waals surface area contributed by atoms with Crippen molar-refractivity contribution in [2.45, 2.75) is 0 Å². The zero-order chi connectivity index (χ0) is 26.2. The molecule has 40 heavy (non-hydrogen) atoms. The van der Waals surface area contributed by atoms with Crippen molar-refractivity contribution < 1.29 is 4.42 Å². The molecule has 9 rings (SSSR count). The molecule has 0 atom stereocenters. The zero-order valence-corrected chi connectivity index (χ0v) is 22.3. The molecule has 1 nitrogen and oxygen atoms in total. The lowest BCUT2D eigenvalue weighted by Crippen LogP contribution is -1.90. The minimum absolute atomic E-state index is 0.929. The molecule has 0 amide bonds. The number of furan rings is 1. The molecule has 0 aliphatic heterocycles. The average molecular weight is 527 g/mol. The minimum atomic E-state index is 0.929. The molecule has 0 unspecified atom stereocenters. The first-order valence-electron chi connectivity index (χ1n) is 13.6. The Kier molecular flexibility index (Phi) is 4.55. The van der Waals surface area contributed by atoms with Crippen molar-refractivity contribution in [2.75, 3.05) is 0 Å². The summed E-state index contributed by atoms with van der Waals surface area (Å²) in [7, 11) is 0. The van der Waals surface area contributed by atoms with Gasteiger partial charge in [0.2, 0.25) is 0 Å². The van der Waals surface area contributed by atoms with Gasteiger partial charge in [-0.1, -0.05) is 103 Å². The Labute approximate surface area is 234 Å². The molecule has 2 heteroatoms. The van der Waals surface area contributed by atoms with Gasteiger partial charge in [0, 0.05) is 36.7 Å². The lowest BCUT2D eigenvalue weighted by molar-refractivity contribution is 0.617. The van der Waals surface area contributed by atoms with Crippen molar-refractivity contribution in [1.29, 1.82) is 0 Å². The molecule has 0 fully saturated rings. The van der Waals surface area contributed by atoms with E-state index in [-0.39, 0.29) is 0 Å². The zero-order valence-electron chi connectivity index (χ0n) is 21.5. The number of thiophene rings is 1. The summed E-state index contributed by atoms with van der Waals surface area (Å²) < 4.78 is 8.89. The second kappa shape index (κ2) is 8.29. The van der Waals surface area contributed by atoms with Crippen LogP contribution in [0.1, 0.15) is 0 Å². The Morgan fingerprint density at radius 2 is 1.05 bits per heavy atom. The number of hydrogen-bond donors (Lipinski definition) is 0. The number of hydrogen-bond acceptors (Lipinski definition) is 2. The van der Waals surface area contributed by atoms with Gasteiger partial charge in [0.1, 0.15) is 5.58 Å². The standard InChI is InChI=1S/C38H22OS/c1-2-10-24-19-25(18-17-23(24)9-1)37-27-12-3-5-14-29(27)38(30-15-6-4-13-28(30)37)33-22-39-34-20-32-26-11-7-8-16-35(26)40-36(32)21-31(33)34/h1-22H. The van der Waals surface area contributed by atoms with Crippen LogP contribution in [0.3, 0.4) is 0 Å². The van der Waals surface area contributed by atoms with Crippen LogP contribution < -0.4 is 0 Å². The van der Waals surface area contributed by atoms with Gasteiger partial charge in [-0.15, -0.1) is 11.3 Å². The molecule has 9 aromatic rings. The highest BCUT2D eigenvalue weighted by Crippen LogP contribution is 2.47. The third-order valence-corrected chi connectivity index (χ3v) is 9.45. The minimum Gasteiger partial charge on any atom is -0.464 e. The van der Waals surface area contributed by atoms with Gasteiger partial charge in [-0.25, -0.2) is 0 Å². The van der Waals surface area contributed by atoms with Crippen molar-refractivity contribution in [3.63, 3.8) is 0 Å². The molecule has 0 N–H and O–H groups in total. The summed E-state index contributed by atoms with van der Waals surface area (Å²) >= 11 is 1.85. The first-order valence-corrected chi connectivity index (χ1v) is 14.4. The summed E-state index contributed by atoms with van der Waals surface area (Å²) in [5, 5.41) is 11.2. The first-order chi connectivity index (χ1) is 19.8. The number of fused-ring (bicyclic) bond motifs is 7. The van der Waals surface area contributed by atoms with E-state index in [0.29, 0.717) is 0 Å². The molecule has 186 valence electrons. The lowest BCUT2D eigenvalue weighted by Gasteiger charge is -2.17.